The maximum atomic E-state index is 14.9. The van der Waals surface area contributed by atoms with Gasteiger partial charge in [-0.05, 0) is 6.07 Å². The number of hydrogen-bond donors (Lipinski definition) is 2. The topological polar surface area (TPSA) is 128 Å². The van der Waals surface area contributed by atoms with Crippen molar-refractivity contribution in [3.63, 3.8) is 0 Å². The number of nitrogens with one attached hydrogen (secondary N) is 2. The van der Waals surface area contributed by atoms with Crippen molar-refractivity contribution in [3.05, 3.63) is 66.3 Å². The molecule has 0 aliphatic carbocycles. The number of rotatable bonds is 6. The first-order valence-electron chi connectivity index (χ1n) is 9.92. The maximum absolute atomic E-state index is 14.9. The first kappa shape index (κ1) is 22.5. The SMILES string of the molecule is O=S(=O)(Nc1ncns1)c1cc(F)c(OC2OCCNC2c2cccc3nccnc23)cc1F. The minimum absolute atomic E-state index is 0.0807. The average molecular weight is 507 g/mol. The highest BCUT2D eigenvalue weighted by Gasteiger charge is 2.32. The lowest BCUT2D eigenvalue weighted by Gasteiger charge is -2.33. The number of morpholine rings is 1. The van der Waals surface area contributed by atoms with Crippen LogP contribution in [0.1, 0.15) is 11.6 Å². The summed E-state index contributed by atoms with van der Waals surface area (Å²) >= 11 is 0.754. The lowest BCUT2D eigenvalue weighted by molar-refractivity contribution is -0.124. The van der Waals surface area contributed by atoms with Crippen LogP contribution in [0.5, 0.6) is 5.75 Å². The Morgan fingerprint density at radius 3 is 2.82 bits per heavy atom. The highest BCUT2D eigenvalue weighted by Crippen LogP contribution is 2.32. The minimum atomic E-state index is -4.44. The second-order valence-corrected chi connectivity index (χ2v) is 9.56. The van der Waals surface area contributed by atoms with E-state index < -0.39 is 44.6 Å². The Labute approximate surface area is 196 Å². The summed E-state index contributed by atoms with van der Waals surface area (Å²) in [6, 6.07) is 6.05. The molecule has 1 saturated heterocycles. The minimum Gasteiger partial charge on any atom is -0.460 e. The number of sulfonamides is 1. The van der Waals surface area contributed by atoms with Gasteiger partial charge in [0.25, 0.3) is 10.0 Å². The summed E-state index contributed by atoms with van der Waals surface area (Å²) in [6.07, 6.45) is 3.21. The molecule has 1 aliphatic rings. The number of halogens is 2. The Bertz CT molecular complexity index is 1430. The monoisotopic (exact) mass is 506 g/mol. The van der Waals surface area contributed by atoms with Gasteiger partial charge in [-0.25, -0.2) is 22.2 Å². The van der Waals surface area contributed by atoms with Gasteiger partial charge in [0, 0.05) is 48.2 Å². The lowest BCUT2D eigenvalue weighted by Crippen LogP contribution is -2.45. The van der Waals surface area contributed by atoms with E-state index in [1.165, 1.54) is 0 Å². The molecule has 10 nitrogen and oxygen atoms in total. The Kier molecular flexibility index (Phi) is 6.03. The Morgan fingerprint density at radius 1 is 1.15 bits per heavy atom. The van der Waals surface area contributed by atoms with E-state index in [-0.39, 0.29) is 11.7 Å². The molecule has 0 spiro atoms. The highest BCUT2D eigenvalue weighted by molar-refractivity contribution is 7.93. The zero-order valence-electron chi connectivity index (χ0n) is 17.2. The van der Waals surface area contributed by atoms with Crippen LogP contribution < -0.4 is 14.8 Å². The fourth-order valence-electron chi connectivity index (χ4n) is 3.53. The van der Waals surface area contributed by atoms with E-state index in [4.69, 9.17) is 9.47 Å². The van der Waals surface area contributed by atoms with Crippen LogP contribution in [0.3, 0.4) is 0 Å². The van der Waals surface area contributed by atoms with E-state index in [1.807, 2.05) is 6.07 Å². The van der Waals surface area contributed by atoms with Gasteiger partial charge < -0.3 is 14.8 Å². The molecule has 0 amide bonds. The van der Waals surface area contributed by atoms with Gasteiger partial charge in [0.05, 0.1) is 23.7 Å². The summed E-state index contributed by atoms with van der Waals surface area (Å²) in [7, 11) is -4.44. The summed E-state index contributed by atoms with van der Waals surface area (Å²) in [6.45, 7) is 0.756. The third-order valence-electron chi connectivity index (χ3n) is 4.99. The van der Waals surface area contributed by atoms with Crippen molar-refractivity contribution >= 4 is 37.7 Å². The third kappa shape index (κ3) is 4.40. The molecule has 34 heavy (non-hydrogen) atoms. The van der Waals surface area contributed by atoms with Gasteiger partial charge in [0.1, 0.15) is 17.0 Å². The zero-order chi connectivity index (χ0) is 23.7. The van der Waals surface area contributed by atoms with Crippen LogP contribution in [-0.2, 0) is 14.8 Å². The van der Waals surface area contributed by atoms with Crippen molar-refractivity contribution in [1.82, 2.24) is 24.6 Å². The largest absolute Gasteiger partial charge is 0.460 e. The average Bonchev–Trinajstić information content (AvgIpc) is 3.33. The van der Waals surface area contributed by atoms with Crippen molar-refractivity contribution in [1.29, 1.82) is 0 Å². The number of benzene rings is 2. The summed E-state index contributed by atoms with van der Waals surface area (Å²) < 4.78 is 71.6. The molecule has 1 fully saturated rings. The number of aromatic nitrogens is 4. The van der Waals surface area contributed by atoms with E-state index in [1.54, 1.807) is 24.5 Å². The number of anilines is 1. The van der Waals surface area contributed by atoms with E-state index >= 15 is 0 Å². The number of para-hydroxylation sites is 1. The molecule has 2 aromatic carbocycles. The van der Waals surface area contributed by atoms with E-state index in [9.17, 15) is 17.2 Å². The molecular weight excluding hydrogens is 490 g/mol. The van der Waals surface area contributed by atoms with Crippen molar-refractivity contribution in [2.24, 2.45) is 0 Å². The number of fused-ring (bicyclic) bond motifs is 1. The summed E-state index contributed by atoms with van der Waals surface area (Å²) in [4.78, 5) is 11.4. The van der Waals surface area contributed by atoms with Crippen LogP contribution in [0.25, 0.3) is 11.0 Å². The van der Waals surface area contributed by atoms with Gasteiger partial charge >= 0.3 is 0 Å². The summed E-state index contributed by atoms with van der Waals surface area (Å²) in [5.74, 6) is -2.79. The van der Waals surface area contributed by atoms with Crippen molar-refractivity contribution in [2.45, 2.75) is 17.2 Å². The highest BCUT2D eigenvalue weighted by atomic mass is 32.2. The summed E-state index contributed by atoms with van der Waals surface area (Å²) in [5, 5.41) is 3.16. The predicted octanol–water partition coefficient (Wildman–Crippen LogP) is 2.63. The smallest absolute Gasteiger partial charge is 0.266 e. The summed E-state index contributed by atoms with van der Waals surface area (Å²) in [5.41, 5.74) is 1.97. The fourth-order valence-corrected chi connectivity index (χ4v) is 5.26. The molecule has 0 saturated carbocycles. The normalized spacial score (nSPS) is 18.6. The third-order valence-corrected chi connectivity index (χ3v) is 7.05. The van der Waals surface area contributed by atoms with Gasteiger partial charge in [-0.1, -0.05) is 12.1 Å². The fraction of sp³-hybridized carbons (Fsp3) is 0.200. The van der Waals surface area contributed by atoms with Crippen LogP contribution in [0.15, 0.2) is 53.9 Å². The number of nitrogens with zero attached hydrogens (tertiary/aromatic N) is 4. The molecule has 1 aliphatic heterocycles. The molecule has 2 atom stereocenters. The number of hydrogen-bond acceptors (Lipinski definition) is 10. The number of ether oxygens (including phenoxy) is 2. The van der Waals surface area contributed by atoms with Gasteiger partial charge in [0.15, 0.2) is 11.6 Å². The van der Waals surface area contributed by atoms with Crippen molar-refractivity contribution in [2.75, 3.05) is 17.9 Å². The maximum Gasteiger partial charge on any atom is 0.266 e. The molecule has 5 rings (SSSR count). The quantitative estimate of drug-likeness (QED) is 0.406. The lowest BCUT2D eigenvalue weighted by atomic mass is 10.0. The van der Waals surface area contributed by atoms with Crippen molar-refractivity contribution < 1.29 is 26.7 Å². The Hall–Kier alpha value is -3.33. The first-order chi connectivity index (χ1) is 16.4. The van der Waals surface area contributed by atoms with Gasteiger partial charge in [-0.3, -0.25) is 14.7 Å². The van der Waals surface area contributed by atoms with E-state index in [0.717, 1.165) is 17.9 Å². The second-order valence-electron chi connectivity index (χ2n) is 7.13. The molecule has 2 aromatic heterocycles. The van der Waals surface area contributed by atoms with Gasteiger partial charge in [-0.2, -0.15) is 4.37 Å². The molecule has 0 radical (unpaired) electrons. The molecule has 0 bridgehead atoms. The molecule has 4 aromatic rings. The van der Waals surface area contributed by atoms with Crippen LogP contribution in [-0.4, -0.2) is 47.2 Å². The van der Waals surface area contributed by atoms with Gasteiger partial charge in [-0.15, -0.1) is 0 Å². The zero-order valence-corrected chi connectivity index (χ0v) is 18.8. The molecular formula is C20H16F2N6O4S2. The Balaban J connectivity index is 1.44. The van der Waals surface area contributed by atoms with Crippen LogP contribution in [0.4, 0.5) is 13.9 Å². The molecule has 3 heterocycles. The Morgan fingerprint density at radius 2 is 2.00 bits per heavy atom. The molecule has 2 unspecified atom stereocenters. The predicted molar refractivity (Wildman–Crippen MR) is 118 cm³/mol. The molecule has 176 valence electrons. The standard InChI is InChI=1S/C20H16F2N6O4S2/c21-12-9-16(34(29,30)28-20-26-10-27-33-20)13(22)8-15(12)32-19-18(25-6-7-31-19)11-2-1-3-14-17(11)24-5-4-23-14/h1-5,8-10,18-19,25H,6-7H2,(H,26,27,28). The van der Waals surface area contributed by atoms with Gasteiger partial charge in [0.2, 0.25) is 11.4 Å². The second kappa shape index (κ2) is 9.13. The molecule has 14 heteroatoms. The van der Waals surface area contributed by atoms with Crippen LogP contribution >= 0.6 is 11.5 Å². The molecule has 2 N–H and O–H groups in total. The van der Waals surface area contributed by atoms with E-state index in [2.05, 4.69) is 29.4 Å². The van der Waals surface area contributed by atoms with Crippen LogP contribution in [0, 0.1) is 11.6 Å². The van der Waals surface area contributed by atoms with E-state index in [0.29, 0.717) is 35.3 Å². The van der Waals surface area contributed by atoms with Crippen molar-refractivity contribution in [3.8, 4) is 5.75 Å². The first-order valence-corrected chi connectivity index (χ1v) is 12.2. The van der Waals surface area contributed by atoms with Crippen LogP contribution in [0.2, 0.25) is 0 Å².